The van der Waals surface area contributed by atoms with E-state index in [1.54, 1.807) is 14.2 Å². The van der Waals surface area contributed by atoms with Crippen molar-refractivity contribution < 1.29 is 9.47 Å². The van der Waals surface area contributed by atoms with Crippen molar-refractivity contribution >= 4 is 29.9 Å². The normalized spacial score (nSPS) is 18.5. The fourth-order valence-electron chi connectivity index (χ4n) is 3.57. The summed E-state index contributed by atoms with van der Waals surface area (Å²) in [4.78, 5) is 6.94. The highest BCUT2D eigenvalue weighted by molar-refractivity contribution is 14.0. The zero-order valence-corrected chi connectivity index (χ0v) is 20.8. The van der Waals surface area contributed by atoms with E-state index in [-0.39, 0.29) is 30.1 Å². The summed E-state index contributed by atoms with van der Waals surface area (Å²) in [6.45, 7) is 8.47. The van der Waals surface area contributed by atoms with Gasteiger partial charge >= 0.3 is 0 Å². The van der Waals surface area contributed by atoms with Crippen molar-refractivity contribution in [2.24, 2.45) is 4.99 Å². The van der Waals surface area contributed by atoms with Crippen LogP contribution in [0.2, 0.25) is 0 Å². The number of unbranched alkanes of at least 4 members (excludes halogenated alkanes) is 1. The Bertz CT molecular complexity index is 600. The molecule has 1 aromatic carbocycles. The lowest BCUT2D eigenvalue weighted by Crippen LogP contribution is -2.42. The maximum Gasteiger partial charge on any atom is 0.191 e. The molecule has 1 aliphatic heterocycles. The van der Waals surface area contributed by atoms with Gasteiger partial charge in [-0.1, -0.05) is 18.6 Å². The monoisotopic (exact) mass is 518 g/mol. The third-order valence-corrected chi connectivity index (χ3v) is 5.28. The largest absolute Gasteiger partial charge is 0.493 e. The van der Waals surface area contributed by atoms with Gasteiger partial charge in [0, 0.05) is 19.6 Å². The van der Waals surface area contributed by atoms with Crippen LogP contribution in [0.15, 0.2) is 29.3 Å². The highest BCUT2D eigenvalue weighted by atomic mass is 127. The average molecular weight is 518 g/mol. The molecular formula is C22H39IN4O2. The van der Waals surface area contributed by atoms with Gasteiger partial charge in [0.1, 0.15) is 6.10 Å². The lowest BCUT2D eigenvalue weighted by Gasteiger charge is -2.33. The number of ether oxygens (including phenoxy) is 2. The molecule has 1 fully saturated rings. The smallest absolute Gasteiger partial charge is 0.191 e. The quantitative estimate of drug-likeness (QED) is 0.213. The van der Waals surface area contributed by atoms with E-state index in [1.165, 1.54) is 38.8 Å². The van der Waals surface area contributed by atoms with Gasteiger partial charge < -0.3 is 25.0 Å². The first kappa shape index (κ1) is 25.8. The van der Waals surface area contributed by atoms with Crippen LogP contribution in [0.25, 0.3) is 0 Å². The number of hydrogen-bond donors (Lipinski definition) is 2. The second-order valence-corrected chi connectivity index (χ2v) is 7.55. The van der Waals surface area contributed by atoms with Crippen LogP contribution in [0.3, 0.4) is 0 Å². The summed E-state index contributed by atoms with van der Waals surface area (Å²) in [5.74, 6) is 2.33. The van der Waals surface area contributed by atoms with Crippen molar-refractivity contribution in [3.05, 3.63) is 24.3 Å². The Morgan fingerprint density at radius 3 is 2.66 bits per heavy atom. The number of rotatable bonds is 10. The van der Waals surface area contributed by atoms with Crippen LogP contribution in [0, 0.1) is 0 Å². The summed E-state index contributed by atoms with van der Waals surface area (Å²) in [5, 5.41) is 6.74. The molecule has 0 amide bonds. The van der Waals surface area contributed by atoms with E-state index in [0.717, 1.165) is 36.5 Å². The summed E-state index contributed by atoms with van der Waals surface area (Å²) < 4.78 is 11.3. The molecule has 29 heavy (non-hydrogen) atoms. The van der Waals surface area contributed by atoms with E-state index in [0.29, 0.717) is 6.54 Å². The van der Waals surface area contributed by atoms with Gasteiger partial charge in [-0.05, 0) is 64.8 Å². The average Bonchev–Trinajstić information content (AvgIpc) is 2.71. The maximum absolute atomic E-state index is 5.98. The first-order chi connectivity index (χ1) is 13.6. The number of nitrogens with zero attached hydrogens (tertiary/aromatic N) is 2. The zero-order chi connectivity index (χ0) is 20.2. The van der Waals surface area contributed by atoms with E-state index in [2.05, 4.69) is 27.4 Å². The molecule has 166 valence electrons. The summed E-state index contributed by atoms with van der Waals surface area (Å²) in [7, 11) is 3.46. The third-order valence-electron chi connectivity index (χ3n) is 5.28. The molecule has 1 heterocycles. The number of likely N-dealkylation sites (tertiary alicyclic amines) is 1. The Balaban J connectivity index is 0.00000420. The van der Waals surface area contributed by atoms with Gasteiger partial charge in [0.15, 0.2) is 17.5 Å². The van der Waals surface area contributed by atoms with E-state index in [4.69, 9.17) is 9.47 Å². The molecule has 2 N–H and O–H groups in total. The molecule has 0 spiro atoms. The molecule has 2 unspecified atom stereocenters. The topological polar surface area (TPSA) is 58.1 Å². The molecule has 2 rings (SSSR count). The molecular weight excluding hydrogens is 479 g/mol. The van der Waals surface area contributed by atoms with Crippen molar-refractivity contribution in [3.63, 3.8) is 0 Å². The summed E-state index contributed by atoms with van der Waals surface area (Å²) in [6, 6.07) is 8.46. The van der Waals surface area contributed by atoms with Crippen molar-refractivity contribution in [2.75, 3.05) is 40.3 Å². The van der Waals surface area contributed by atoms with Crippen LogP contribution in [-0.2, 0) is 0 Å². The molecule has 0 aromatic heterocycles. The first-order valence-corrected chi connectivity index (χ1v) is 10.6. The zero-order valence-electron chi connectivity index (χ0n) is 18.4. The Labute approximate surface area is 193 Å². The second kappa shape index (κ2) is 14.7. The van der Waals surface area contributed by atoms with Crippen molar-refractivity contribution in [3.8, 4) is 11.5 Å². The molecule has 0 aliphatic carbocycles. The van der Waals surface area contributed by atoms with Crippen molar-refractivity contribution in [1.29, 1.82) is 0 Å². The number of hydrogen-bond acceptors (Lipinski definition) is 4. The van der Waals surface area contributed by atoms with Crippen LogP contribution < -0.4 is 20.1 Å². The van der Waals surface area contributed by atoms with Gasteiger partial charge in [-0.2, -0.15) is 0 Å². The minimum absolute atomic E-state index is 0. The van der Waals surface area contributed by atoms with Gasteiger partial charge in [-0.15, -0.1) is 24.0 Å². The van der Waals surface area contributed by atoms with E-state index >= 15 is 0 Å². The van der Waals surface area contributed by atoms with Crippen LogP contribution in [0.4, 0.5) is 0 Å². The molecule has 1 aromatic rings. The van der Waals surface area contributed by atoms with Gasteiger partial charge in [-0.25, -0.2) is 0 Å². The molecule has 0 bridgehead atoms. The number of methoxy groups -OCH3 is 1. The van der Waals surface area contributed by atoms with Crippen LogP contribution in [0.5, 0.6) is 11.5 Å². The van der Waals surface area contributed by atoms with E-state index in [1.807, 2.05) is 31.2 Å². The third kappa shape index (κ3) is 9.42. The minimum Gasteiger partial charge on any atom is -0.493 e. The number of nitrogens with one attached hydrogen (secondary N) is 2. The second-order valence-electron chi connectivity index (χ2n) is 7.55. The van der Waals surface area contributed by atoms with Crippen molar-refractivity contribution in [2.45, 2.75) is 58.1 Å². The van der Waals surface area contributed by atoms with Gasteiger partial charge in [0.2, 0.25) is 0 Å². The van der Waals surface area contributed by atoms with Gasteiger partial charge in [-0.3, -0.25) is 4.99 Å². The first-order valence-electron chi connectivity index (χ1n) is 10.6. The Hall–Kier alpha value is -1.22. The molecule has 1 saturated heterocycles. The SMILES string of the molecule is CN=C(NCCCCN1CCCCC1C)NCC(C)Oc1ccccc1OC.I. The van der Waals surface area contributed by atoms with Crippen LogP contribution in [-0.4, -0.2) is 63.3 Å². The summed E-state index contributed by atoms with van der Waals surface area (Å²) >= 11 is 0. The summed E-state index contributed by atoms with van der Waals surface area (Å²) in [6.07, 6.45) is 6.47. The number of piperidine rings is 1. The fourth-order valence-corrected chi connectivity index (χ4v) is 3.57. The van der Waals surface area contributed by atoms with E-state index in [9.17, 15) is 0 Å². The predicted molar refractivity (Wildman–Crippen MR) is 132 cm³/mol. The highest BCUT2D eigenvalue weighted by Crippen LogP contribution is 2.26. The Morgan fingerprint density at radius 1 is 1.21 bits per heavy atom. The molecule has 1 aliphatic rings. The Morgan fingerprint density at radius 2 is 1.97 bits per heavy atom. The number of aliphatic imine (C=N–C) groups is 1. The lowest BCUT2D eigenvalue weighted by atomic mass is 10.0. The highest BCUT2D eigenvalue weighted by Gasteiger charge is 2.17. The minimum atomic E-state index is -0.00422. The van der Waals surface area contributed by atoms with E-state index < -0.39 is 0 Å². The molecule has 6 nitrogen and oxygen atoms in total. The number of para-hydroxylation sites is 2. The standard InChI is InChI=1S/C22H38N4O2.HI/c1-18-11-7-9-15-26(18)16-10-8-14-24-22(23-3)25-17-19(2)28-21-13-6-5-12-20(21)27-4;/h5-6,12-13,18-19H,7-11,14-17H2,1-4H3,(H2,23,24,25);1H. The fraction of sp³-hybridized carbons (Fsp3) is 0.682. The molecule has 0 saturated carbocycles. The van der Waals surface area contributed by atoms with Crippen molar-refractivity contribution in [1.82, 2.24) is 15.5 Å². The van der Waals surface area contributed by atoms with Crippen LogP contribution >= 0.6 is 24.0 Å². The predicted octanol–water partition coefficient (Wildman–Crippen LogP) is 3.90. The van der Waals surface area contributed by atoms with Gasteiger partial charge in [0.25, 0.3) is 0 Å². The summed E-state index contributed by atoms with van der Waals surface area (Å²) in [5.41, 5.74) is 0. The molecule has 0 radical (unpaired) electrons. The number of halogens is 1. The van der Waals surface area contributed by atoms with Crippen LogP contribution in [0.1, 0.15) is 46.0 Å². The Kier molecular flexibility index (Phi) is 13.1. The number of guanidine groups is 1. The maximum atomic E-state index is 5.98. The molecule has 7 heteroatoms. The number of benzene rings is 1. The van der Waals surface area contributed by atoms with Gasteiger partial charge in [0.05, 0.1) is 13.7 Å². The lowest BCUT2D eigenvalue weighted by molar-refractivity contribution is 0.158. The molecule has 2 atom stereocenters.